The lowest BCUT2D eigenvalue weighted by atomic mass is 9.77. The average Bonchev–Trinajstić information content (AvgIpc) is 2.35. The smallest absolute Gasteiger partial charge is 0.0637 e. The van der Waals surface area contributed by atoms with Crippen LogP contribution in [0.1, 0.15) is 44.2 Å². The van der Waals surface area contributed by atoms with Crippen molar-refractivity contribution in [3.63, 3.8) is 0 Å². The van der Waals surface area contributed by atoms with Crippen molar-refractivity contribution in [3.8, 4) is 0 Å². The number of hydrogen-bond acceptors (Lipinski definition) is 2. The molecular formula is C14H21ClN2. The van der Waals surface area contributed by atoms with E-state index in [1.165, 1.54) is 31.2 Å². The molecule has 0 spiro atoms. The number of hydrogen-bond donors (Lipinski definition) is 1. The van der Waals surface area contributed by atoms with Gasteiger partial charge in [-0.3, -0.25) is 4.98 Å². The van der Waals surface area contributed by atoms with Gasteiger partial charge in [-0.1, -0.05) is 31.4 Å². The number of halogens is 1. The summed E-state index contributed by atoms with van der Waals surface area (Å²) in [6.07, 6.45) is 8.84. The van der Waals surface area contributed by atoms with Crippen molar-refractivity contribution in [2.45, 2.75) is 38.6 Å². The summed E-state index contributed by atoms with van der Waals surface area (Å²) in [4.78, 5) is 4.06. The minimum atomic E-state index is 0.373. The fourth-order valence-corrected chi connectivity index (χ4v) is 3.14. The second kappa shape index (κ2) is 5.83. The van der Waals surface area contributed by atoms with Crippen LogP contribution in [0.5, 0.6) is 0 Å². The third-order valence-corrected chi connectivity index (χ3v) is 4.30. The maximum absolute atomic E-state index is 6.24. The van der Waals surface area contributed by atoms with Gasteiger partial charge in [0.15, 0.2) is 0 Å². The topological polar surface area (TPSA) is 24.9 Å². The highest BCUT2D eigenvalue weighted by Crippen LogP contribution is 2.38. The van der Waals surface area contributed by atoms with Crippen molar-refractivity contribution in [2.75, 3.05) is 7.05 Å². The van der Waals surface area contributed by atoms with E-state index in [0.29, 0.717) is 12.0 Å². The Bertz CT molecular complexity index is 359. The summed E-state index contributed by atoms with van der Waals surface area (Å²) < 4.78 is 0. The molecule has 94 valence electrons. The lowest BCUT2D eigenvalue weighted by molar-refractivity contribution is 0.238. The Balaban J connectivity index is 2.14. The van der Waals surface area contributed by atoms with Gasteiger partial charge in [0.05, 0.1) is 5.02 Å². The highest BCUT2D eigenvalue weighted by molar-refractivity contribution is 6.31. The first-order valence-electron chi connectivity index (χ1n) is 6.49. The Kier molecular flexibility index (Phi) is 4.41. The Labute approximate surface area is 109 Å². The summed E-state index contributed by atoms with van der Waals surface area (Å²) in [5.41, 5.74) is 1.20. The maximum atomic E-state index is 6.24. The Morgan fingerprint density at radius 1 is 1.35 bits per heavy atom. The molecule has 0 bridgehead atoms. The predicted octanol–water partition coefficient (Wildman–Crippen LogP) is 3.82. The molecule has 1 saturated carbocycles. The monoisotopic (exact) mass is 252 g/mol. The van der Waals surface area contributed by atoms with Crippen molar-refractivity contribution < 1.29 is 0 Å². The number of nitrogens with one attached hydrogen (secondary N) is 1. The summed E-state index contributed by atoms with van der Waals surface area (Å²) in [7, 11) is 2.03. The highest BCUT2D eigenvalue weighted by atomic mass is 35.5. The summed E-state index contributed by atoms with van der Waals surface area (Å²) in [5.74, 6) is 1.59. The zero-order chi connectivity index (χ0) is 12.3. The summed E-state index contributed by atoms with van der Waals surface area (Å²) in [6.45, 7) is 2.35. The largest absolute Gasteiger partial charge is 0.313 e. The number of rotatable bonds is 3. The van der Waals surface area contributed by atoms with Crippen LogP contribution in [0, 0.1) is 11.8 Å². The average molecular weight is 253 g/mol. The van der Waals surface area contributed by atoms with E-state index in [-0.39, 0.29) is 0 Å². The molecule has 0 aliphatic heterocycles. The third-order valence-electron chi connectivity index (χ3n) is 3.98. The highest BCUT2D eigenvalue weighted by Gasteiger charge is 2.27. The number of aromatic nitrogens is 1. The van der Waals surface area contributed by atoms with Crippen molar-refractivity contribution >= 4 is 11.6 Å². The molecule has 1 atom stereocenters. The van der Waals surface area contributed by atoms with E-state index in [1.807, 2.05) is 19.3 Å². The van der Waals surface area contributed by atoms with Gasteiger partial charge in [-0.05, 0) is 43.4 Å². The molecule has 1 heterocycles. The van der Waals surface area contributed by atoms with E-state index in [0.717, 1.165) is 10.9 Å². The normalized spacial score (nSPS) is 26.8. The molecule has 1 aliphatic rings. The van der Waals surface area contributed by atoms with Gasteiger partial charge >= 0.3 is 0 Å². The van der Waals surface area contributed by atoms with Crippen molar-refractivity contribution in [1.82, 2.24) is 10.3 Å². The Hall–Kier alpha value is -0.600. The van der Waals surface area contributed by atoms with Crippen LogP contribution >= 0.6 is 11.6 Å². The molecule has 1 N–H and O–H groups in total. The van der Waals surface area contributed by atoms with Crippen LogP contribution in [0.2, 0.25) is 5.02 Å². The van der Waals surface area contributed by atoms with E-state index >= 15 is 0 Å². The van der Waals surface area contributed by atoms with E-state index < -0.39 is 0 Å². The Morgan fingerprint density at radius 2 is 2.06 bits per heavy atom. The lowest BCUT2D eigenvalue weighted by Gasteiger charge is -2.33. The van der Waals surface area contributed by atoms with Crippen LogP contribution in [-0.4, -0.2) is 12.0 Å². The fraction of sp³-hybridized carbons (Fsp3) is 0.643. The van der Waals surface area contributed by atoms with Gasteiger partial charge in [-0.2, -0.15) is 0 Å². The quantitative estimate of drug-likeness (QED) is 0.885. The molecule has 3 heteroatoms. The van der Waals surface area contributed by atoms with E-state index in [4.69, 9.17) is 11.6 Å². The van der Waals surface area contributed by atoms with Crippen LogP contribution in [0.15, 0.2) is 18.5 Å². The van der Waals surface area contributed by atoms with Crippen LogP contribution in [0.3, 0.4) is 0 Å². The zero-order valence-electron chi connectivity index (χ0n) is 10.6. The molecule has 1 aromatic rings. The zero-order valence-corrected chi connectivity index (χ0v) is 11.4. The molecule has 1 fully saturated rings. The van der Waals surface area contributed by atoms with Gasteiger partial charge in [0.2, 0.25) is 0 Å². The second-order valence-electron chi connectivity index (χ2n) is 5.18. The molecule has 0 amide bonds. The number of pyridine rings is 1. The molecular weight excluding hydrogens is 232 g/mol. The second-order valence-corrected chi connectivity index (χ2v) is 5.59. The summed E-state index contributed by atoms with van der Waals surface area (Å²) in [6, 6.07) is 2.42. The van der Waals surface area contributed by atoms with Crippen LogP contribution in [0.25, 0.3) is 0 Å². The van der Waals surface area contributed by atoms with Gasteiger partial charge in [0, 0.05) is 18.4 Å². The first-order valence-corrected chi connectivity index (χ1v) is 6.87. The van der Waals surface area contributed by atoms with E-state index in [9.17, 15) is 0 Å². The molecule has 1 aromatic heterocycles. The molecule has 0 aromatic carbocycles. The molecule has 0 saturated heterocycles. The lowest BCUT2D eigenvalue weighted by Crippen LogP contribution is -2.28. The van der Waals surface area contributed by atoms with Gasteiger partial charge in [-0.25, -0.2) is 0 Å². The molecule has 0 radical (unpaired) electrons. The van der Waals surface area contributed by atoms with Crippen molar-refractivity contribution in [2.24, 2.45) is 11.8 Å². The van der Waals surface area contributed by atoms with Crippen LogP contribution < -0.4 is 5.32 Å². The first-order chi connectivity index (χ1) is 8.22. The Morgan fingerprint density at radius 3 is 2.65 bits per heavy atom. The summed E-state index contributed by atoms with van der Waals surface area (Å²) >= 11 is 6.24. The first kappa shape index (κ1) is 12.8. The number of nitrogens with zero attached hydrogens (tertiary/aromatic N) is 1. The standard InChI is InChI=1S/C14H21ClN2/c1-10-3-5-11(6-4-10)14(16-2)12-7-8-17-9-13(12)15/h7-11,14,16H,3-6H2,1-2H3. The molecule has 2 rings (SSSR count). The van der Waals surface area contributed by atoms with Gasteiger partial charge in [-0.15, -0.1) is 0 Å². The van der Waals surface area contributed by atoms with Gasteiger partial charge < -0.3 is 5.32 Å². The van der Waals surface area contributed by atoms with Crippen LogP contribution in [-0.2, 0) is 0 Å². The minimum absolute atomic E-state index is 0.373. The predicted molar refractivity (Wildman–Crippen MR) is 72.2 cm³/mol. The van der Waals surface area contributed by atoms with E-state index in [2.05, 4.69) is 17.2 Å². The van der Waals surface area contributed by atoms with Crippen LogP contribution in [0.4, 0.5) is 0 Å². The van der Waals surface area contributed by atoms with Gasteiger partial charge in [0.25, 0.3) is 0 Å². The molecule has 17 heavy (non-hydrogen) atoms. The molecule has 2 nitrogen and oxygen atoms in total. The van der Waals surface area contributed by atoms with Gasteiger partial charge in [0.1, 0.15) is 0 Å². The fourth-order valence-electron chi connectivity index (χ4n) is 2.90. The van der Waals surface area contributed by atoms with E-state index in [1.54, 1.807) is 6.20 Å². The molecule has 1 aliphatic carbocycles. The van der Waals surface area contributed by atoms with Crippen molar-refractivity contribution in [3.05, 3.63) is 29.0 Å². The third kappa shape index (κ3) is 2.99. The molecule has 1 unspecified atom stereocenters. The van der Waals surface area contributed by atoms with Crippen molar-refractivity contribution in [1.29, 1.82) is 0 Å². The SMILES string of the molecule is CNC(c1ccncc1Cl)C1CCC(C)CC1. The maximum Gasteiger partial charge on any atom is 0.0637 e. The minimum Gasteiger partial charge on any atom is -0.313 e. The summed E-state index contributed by atoms with van der Waals surface area (Å²) in [5, 5.41) is 4.21.